The van der Waals surface area contributed by atoms with Gasteiger partial charge in [0, 0.05) is 41.5 Å². The van der Waals surface area contributed by atoms with Gasteiger partial charge in [0.2, 0.25) is 0 Å². The van der Waals surface area contributed by atoms with Gasteiger partial charge in [0.05, 0.1) is 40.6 Å². The fourth-order valence-corrected chi connectivity index (χ4v) is 4.21. The Morgan fingerprint density at radius 2 is 1.85 bits per heavy atom. The summed E-state index contributed by atoms with van der Waals surface area (Å²) >= 11 is 18.4. The molecule has 0 saturated heterocycles. The molecule has 0 radical (unpaired) electrons. The zero-order valence-electron chi connectivity index (χ0n) is 17.8. The lowest BCUT2D eigenvalue weighted by Crippen LogP contribution is -2.26. The first-order valence-corrected chi connectivity index (χ1v) is 11.3. The highest BCUT2D eigenvalue weighted by Gasteiger charge is 2.24. The fourth-order valence-electron chi connectivity index (χ4n) is 3.76. The summed E-state index contributed by atoms with van der Waals surface area (Å²) in [4.78, 5) is 30.0. The Morgan fingerprint density at radius 3 is 2.55 bits per heavy atom. The number of pyridine rings is 2. The summed E-state index contributed by atoms with van der Waals surface area (Å²) in [5.41, 5.74) is 1.90. The van der Waals surface area contributed by atoms with E-state index in [0.29, 0.717) is 38.7 Å². The molecule has 3 heterocycles. The summed E-state index contributed by atoms with van der Waals surface area (Å²) in [6.45, 7) is 4.49. The Labute approximate surface area is 204 Å². The number of aromatic nitrogens is 4. The van der Waals surface area contributed by atoms with Crippen molar-refractivity contribution in [2.75, 3.05) is 6.61 Å². The van der Waals surface area contributed by atoms with Crippen LogP contribution in [0, 0.1) is 0 Å². The number of rotatable bonds is 6. The zero-order valence-corrected chi connectivity index (χ0v) is 20.1. The Bertz CT molecular complexity index is 1430. The van der Waals surface area contributed by atoms with Gasteiger partial charge in [-0.3, -0.25) is 9.48 Å². The highest BCUT2D eigenvalue weighted by Crippen LogP contribution is 2.31. The molecule has 0 atom stereocenters. The Hall–Kier alpha value is -2.87. The van der Waals surface area contributed by atoms with Crippen LogP contribution in [0.3, 0.4) is 0 Å². The maximum Gasteiger partial charge on any atom is 0.344 e. The highest BCUT2D eigenvalue weighted by atomic mass is 35.5. The second-order valence-corrected chi connectivity index (χ2v) is 8.39. The summed E-state index contributed by atoms with van der Waals surface area (Å²) in [6, 6.07) is 8.13. The summed E-state index contributed by atoms with van der Waals surface area (Å²) in [7, 11) is 0. The van der Waals surface area contributed by atoms with Gasteiger partial charge in [-0.2, -0.15) is 5.10 Å². The molecule has 4 rings (SSSR count). The maximum absolute atomic E-state index is 13.2. The molecule has 0 N–H and O–H groups in total. The van der Waals surface area contributed by atoms with E-state index in [1.165, 1.54) is 6.07 Å². The average molecular weight is 506 g/mol. The number of benzene rings is 1. The molecule has 0 fully saturated rings. The minimum atomic E-state index is -0.695. The molecular weight excluding hydrogens is 487 g/mol. The molecule has 33 heavy (non-hydrogen) atoms. The Morgan fingerprint density at radius 1 is 1.06 bits per heavy atom. The molecule has 0 unspecified atom stereocenters. The minimum Gasteiger partial charge on any atom is -0.462 e. The van der Waals surface area contributed by atoms with Crippen LogP contribution in [0.25, 0.3) is 22.2 Å². The van der Waals surface area contributed by atoms with Crippen molar-refractivity contribution in [2.24, 2.45) is 0 Å². The molecule has 170 valence electrons. The third kappa shape index (κ3) is 4.49. The molecule has 0 aliphatic heterocycles. The van der Waals surface area contributed by atoms with Gasteiger partial charge >= 0.3 is 5.97 Å². The molecule has 0 spiro atoms. The van der Waals surface area contributed by atoms with Crippen molar-refractivity contribution in [1.29, 1.82) is 0 Å². The molecule has 3 aromatic heterocycles. The predicted octanol–water partition coefficient (Wildman–Crippen LogP) is 5.47. The zero-order chi connectivity index (χ0) is 23.7. The molecule has 0 amide bonds. The van der Waals surface area contributed by atoms with Crippen LogP contribution in [-0.4, -0.2) is 31.9 Å². The lowest BCUT2D eigenvalue weighted by atomic mass is 10.0. The van der Waals surface area contributed by atoms with Crippen molar-refractivity contribution in [3.05, 3.63) is 79.4 Å². The first kappa shape index (κ1) is 23.3. The van der Waals surface area contributed by atoms with E-state index >= 15 is 0 Å². The average Bonchev–Trinajstić information content (AvgIpc) is 3.17. The van der Waals surface area contributed by atoms with Crippen LogP contribution >= 0.6 is 34.8 Å². The number of carbonyl (C=O) groups excluding carboxylic acids is 1. The standard InChI is InChI=1S/C23H19Cl3N4O3/c1-3-29-15(12-30-18-9-20(26)27-10-14(18)11-28-30)8-19(31)21(23(32)33-4-2)22(29)13-5-6-16(24)17(25)7-13/h5-11H,3-4,12H2,1-2H3. The monoisotopic (exact) mass is 504 g/mol. The number of nitrogens with zero attached hydrogens (tertiary/aromatic N) is 4. The van der Waals surface area contributed by atoms with E-state index in [4.69, 9.17) is 39.5 Å². The second kappa shape index (κ2) is 9.55. The lowest BCUT2D eigenvalue weighted by Gasteiger charge is -2.21. The number of hydrogen-bond acceptors (Lipinski definition) is 5. The van der Waals surface area contributed by atoms with Crippen molar-refractivity contribution >= 4 is 51.7 Å². The largest absolute Gasteiger partial charge is 0.462 e. The molecule has 0 saturated carbocycles. The van der Waals surface area contributed by atoms with Crippen molar-refractivity contribution in [3.63, 3.8) is 0 Å². The summed E-state index contributed by atoms with van der Waals surface area (Å²) in [5.74, 6) is -0.695. The second-order valence-electron chi connectivity index (χ2n) is 7.19. The minimum absolute atomic E-state index is 0.0570. The number of halogens is 3. The van der Waals surface area contributed by atoms with Crippen LogP contribution in [0.15, 0.2) is 47.5 Å². The van der Waals surface area contributed by atoms with E-state index in [0.717, 1.165) is 10.9 Å². The summed E-state index contributed by atoms with van der Waals surface area (Å²) in [6.07, 6.45) is 3.32. The molecule has 10 heteroatoms. The van der Waals surface area contributed by atoms with Crippen molar-refractivity contribution in [3.8, 4) is 11.3 Å². The van der Waals surface area contributed by atoms with E-state index in [2.05, 4.69) is 10.1 Å². The maximum atomic E-state index is 13.2. The number of ether oxygens (including phenoxy) is 1. The van der Waals surface area contributed by atoms with Gasteiger partial charge in [-0.1, -0.05) is 40.9 Å². The number of carbonyl (C=O) groups is 1. The normalized spacial score (nSPS) is 11.2. The fraction of sp³-hybridized carbons (Fsp3) is 0.217. The number of esters is 1. The van der Waals surface area contributed by atoms with Gasteiger partial charge in [0.1, 0.15) is 10.7 Å². The lowest BCUT2D eigenvalue weighted by molar-refractivity contribution is 0.0525. The third-order valence-electron chi connectivity index (χ3n) is 5.19. The molecule has 0 aliphatic rings. The topological polar surface area (TPSA) is 79.0 Å². The van der Waals surface area contributed by atoms with E-state index in [1.54, 1.807) is 48.3 Å². The van der Waals surface area contributed by atoms with Gasteiger partial charge in [-0.25, -0.2) is 9.78 Å². The quantitative estimate of drug-likeness (QED) is 0.257. The first-order valence-electron chi connectivity index (χ1n) is 10.2. The first-order chi connectivity index (χ1) is 15.8. The Kier molecular flexibility index (Phi) is 6.74. The van der Waals surface area contributed by atoms with Crippen molar-refractivity contribution in [1.82, 2.24) is 19.3 Å². The third-order valence-corrected chi connectivity index (χ3v) is 6.14. The predicted molar refractivity (Wildman–Crippen MR) is 129 cm³/mol. The molecule has 0 aliphatic carbocycles. The van der Waals surface area contributed by atoms with Crippen LogP contribution in [-0.2, 0) is 17.8 Å². The number of hydrogen-bond donors (Lipinski definition) is 0. The smallest absolute Gasteiger partial charge is 0.344 e. The van der Waals surface area contributed by atoms with E-state index in [-0.39, 0.29) is 18.7 Å². The number of fused-ring (bicyclic) bond motifs is 1. The summed E-state index contributed by atoms with van der Waals surface area (Å²) < 4.78 is 8.80. The van der Waals surface area contributed by atoms with Crippen LogP contribution < -0.4 is 5.43 Å². The van der Waals surface area contributed by atoms with Crippen molar-refractivity contribution in [2.45, 2.75) is 26.9 Å². The van der Waals surface area contributed by atoms with Crippen LogP contribution in [0.4, 0.5) is 0 Å². The molecular formula is C23H19Cl3N4O3. The molecule has 0 bridgehead atoms. The SMILES string of the molecule is CCOC(=O)c1c(-c2ccc(Cl)c(Cl)c2)n(CC)c(Cn2ncc3cnc(Cl)cc32)cc1=O. The van der Waals surface area contributed by atoms with Gasteiger partial charge in [0.15, 0.2) is 5.43 Å². The van der Waals surface area contributed by atoms with Crippen LogP contribution in [0.2, 0.25) is 15.2 Å². The molecule has 4 aromatic rings. The molecule has 1 aromatic carbocycles. The molecule has 7 nitrogen and oxygen atoms in total. The Balaban J connectivity index is 1.96. The van der Waals surface area contributed by atoms with Crippen LogP contribution in [0.5, 0.6) is 0 Å². The van der Waals surface area contributed by atoms with Crippen molar-refractivity contribution < 1.29 is 9.53 Å². The van der Waals surface area contributed by atoms with E-state index in [9.17, 15) is 9.59 Å². The van der Waals surface area contributed by atoms with Gasteiger partial charge < -0.3 is 9.30 Å². The van der Waals surface area contributed by atoms with E-state index < -0.39 is 11.4 Å². The van der Waals surface area contributed by atoms with E-state index in [1.807, 2.05) is 11.5 Å². The van der Waals surface area contributed by atoms with Gasteiger partial charge in [-0.05, 0) is 26.0 Å². The summed E-state index contributed by atoms with van der Waals surface area (Å²) in [5, 5.41) is 6.26. The van der Waals surface area contributed by atoms with Crippen LogP contribution in [0.1, 0.15) is 29.9 Å². The highest BCUT2D eigenvalue weighted by molar-refractivity contribution is 6.42. The van der Waals surface area contributed by atoms with Gasteiger partial charge in [-0.15, -0.1) is 0 Å². The van der Waals surface area contributed by atoms with Gasteiger partial charge in [0.25, 0.3) is 0 Å².